The van der Waals surface area contributed by atoms with E-state index in [1.165, 1.54) is 6.92 Å². The molecule has 0 saturated carbocycles. The van der Waals surface area contributed by atoms with Crippen molar-refractivity contribution in [1.29, 1.82) is 0 Å². The monoisotopic (exact) mass is 228 g/mol. The smallest absolute Gasteiger partial charge is 0.305 e. The minimum atomic E-state index is -0.715. The van der Waals surface area contributed by atoms with Crippen molar-refractivity contribution in [3.8, 4) is 0 Å². The van der Waals surface area contributed by atoms with Crippen LogP contribution in [0.2, 0.25) is 0 Å². The van der Waals surface area contributed by atoms with Gasteiger partial charge in [-0.1, -0.05) is 6.08 Å². The molecule has 0 aliphatic carbocycles. The van der Waals surface area contributed by atoms with Gasteiger partial charge in [-0.3, -0.25) is 4.79 Å². The van der Waals surface area contributed by atoms with Crippen molar-refractivity contribution in [3.05, 3.63) is 12.7 Å². The molecule has 5 heteroatoms. The maximum absolute atomic E-state index is 10.9. The average Bonchev–Trinajstić information content (AvgIpc) is 2.60. The van der Waals surface area contributed by atoms with Crippen LogP contribution in [0.25, 0.3) is 0 Å². The van der Waals surface area contributed by atoms with Crippen molar-refractivity contribution in [1.82, 2.24) is 0 Å². The Morgan fingerprint density at radius 2 is 2.00 bits per heavy atom. The van der Waals surface area contributed by atoms with E-state index in [4.69, 9.17) is 18.9 Å². The minimum Gasteiger partial charge on any atom is -0.433 e. The van der Waals surface area contributed by atoms with Gasteiger partial charge in [0.1, 0.15) is 12.2 Å². The number of ether oxygens (including phenoxy) is 4. The van der Waals surface area contributed by atoms with Gasteiger partial charge in [-0.25, -0.2) is 0 Å². The summed E-state index contributed by atoms with van der Waals surface area (Å²) in [7, 11) is 0. The van der Waals surface area contributed by atoms with E-state index in [1.807, 2.05) is 13.8 Å². The van der Waals surface area contributed by atoms with Gasteiger partial charge in [0.15, 0.2) is 11.9 Å². The second-order valence-electron chi connectivity index (χ2n) is 4.38. The first kappa shape index (κ1) is 11.6. The quantitative estimate of drug-likeness (QED) is 0.521. The molecular weight excluding hydrogens is 212 g/mol. The highest BCUT2D eigenvalue weighted by molar-refractivity contribution is 5.66. The first-order chi connectivity index (χ1) is 7.43. The molecule has 0 bridgehead atoms. The molecule has 0 spiro atoms. The Balaban J connectivity index is 2.13. The predicted molar refractivity (Wildman–Crippen MR) is 54.4 cm³/mol. The van der Waals surface area contributed by atoms with Crippen LogP contribution in [-0.2, 0) is 23.7 Å². The van der Waals surface area contributed by atoms with E-state index < -0.39 is 18.0 Å². The third-order valence-corrected chi connectivity index (χ3v) is 2.56. The molecule has 0 amide bonds. The van der Waals surface area contributed by atoms with Crippen molar-refractivity contribution >= 4 is 5.97 Å². The van der Waals surface area contributed by atoms with E-state index >= 15 is 0 Å². The predicted octanol–water partition coefficient (Wildman–Crippen LogP) is 0.980. The van der Waals surface area contributed by atoms with Crippen LogP contribution in [0.3, 0.4) is 0 Å². The molecule has 90 valence electrons. The number of esters is 1. The molecule has 2 rings (SSSR count). The third-order valence-electron chi connectivity index (χ3n) is 2.56. The lowest BCUT2D eigenvalue weighted by Gasteiger charge is -2.22. The highest BCUT2D eigenvalue weighted by atomic mass is 16.8. The summed E-state index contributed by atoms with van der Waals surface area (Å²) in [5.41, 5.74) is 0. The minimum absolute atomic E-state index is 0.267. The Morgan fingerprint density at radius 1 is 1.38 bits per heavy atom. The van der Waals surface area contributed by atoms with Crippen LogP contribution in [0, 0.1) is 0 Å². The molecule has 0 aromatic carbocycles. The summed E-state index contributed by atoms with van der Waals surface area (Å²) in [5, 5.41) is 0. The average molecular weight is 228 g/mol. The zero-order valence-corrected chi connectivity index (χ0v) is 9.64. The highest BCUT2D eigenvalue weighted by Gasteiger charge is 2.55. The van der Waals surface area contributed by atoms with E-state index in [-0.39, 0.29) is 18.3 Å². The fourth-order valence-electron chi connectivity index (χ4n) is 2.04. The number of carbonyl (C=O) groups is 1. The lowest BCUT2D eigenvalue weighted by Crippen LogP contribution is -2.32. The van der Waals surface area contributed by atoms with Gasteiger partial charge in [-0.05, 0) is 13.8 Å². The number of rotatable bonds is 2. The molecule has 2 heterocycles. The fraction of sp³-hybridized carbons (Fsp3) is 0.727. The van der Waals surface area contributed by atoms with E-state index in [9.17, 15) is 4.79 Å². The van der Waals surface area contributed by atoms with Crippen molar-refractivity contribution < 1.29 is 23.7 Å². The maximum atomic E-state index is 10.9. The van der Waals surface area contributed by atoms with Crippen LogP contribution in [0.5, 0.6) is 0 Å². The summed E-state index contributed by atoms with van der Waals surface area (Å²) in [5.74, 6) is -1.08. The van der Waals surface area contributed by atoms with Crippen molar-refractivity contribution in [2.45, 2.75) is 51.2 Å². The molecule has 0 aromatic heterocycles. The van der Waals surface area contributed by atoms with Crippen LogP contribution in [0.1, 0.15) is 20.8 Å². The van der Waals surface area contributed by atoms with Crippen molar-refractivity contribution in [2.75, 3.05) is 0 Å². The Hall–Kier alpha value is -0.910. The lowest BCUT2D eigenvalue weighted by atomic mass is 10.1. The van der Waals surface area contributed by atoms with Gasteiger partial charge in [-0.2, -0.15) is 0 Å². The first-order valence-electron chi connectivity index (χ1n) is 5.24. The standard InChI is InChI=1S/C11H16O5/c1-5-7-8-9(16-11(3,4)15-8)10(14-7)13-6(2)12/h5,7-10H,1H2,2-4H3/t7-,8+,9+,10+/m1/s1. The summed E-state index contributed by atoms with van der Waals surface area (Å²) < 4.78 is 21.8. The van der Waals surface area contributed by atoms with Gasteiger partial charge in [0.25, 0.3) is 0 Å². The summed E-state index contributed by atoms with van der Waals surface area (Å²) in [6, 6.07) is 0. The molecule has 2 aliphatic heterocycles. The Bertz CT molecular complexity index is 311. The van der Waals surface area contributed by atoms with Crippen LogP contribution in [0.4, 0.5) is 0 Å². The highest BCUT2D eigenvalue weighted by Crippen LogP contribution is 2.39. The Labute approximate surface area is 94.3 Å². The van der Waals surface area contributed by atoms with Crippen LogP contribution in [-0.4, -0.2) is 36.4 Å². The number of hydrogen-bond donors (Lipinski definition) is 0. The SMILES string of the molecule is C=C[C@H]1O[C@H](OC(C)=O)[C@H]2OC(C)(C)O[C@H]21. The van der Waals surface area contributed by atoms with E-state index in [0.29, 0.717) is 0 Å². The molecule has 2 aliphatic rings. The molecule has 16 heavy (non-hydrogen) atoms. The molecule has 2 fully saturated rings. The van der Waals surface area contributed by atoms with Crippen molar-refractivity contribution in [3.63, 3.8) is 0 Å². The summed E-state index contributed by atoms with van der Waals surface area (Å²) >= 11 is 0. The molecule has 2 saturated heterocycles. The van der Waals surface area contributed by atoms with Crippen molar-refractivity contribution in [2.24, 2.45) is 0 Å². The second-order valence-corrected chi connectivity index (χ2v) is 4.38. The van der Waals surface area contributed by atoms with E-state index in [1.54, 1.807) is 6.08 Å². The lowest BCUT2D eigenvalue weighted by molar-refractivity contribution is -0.226. The van der Waals surface area contributed by atoms with Gasteiger partial charge in [0.05, 0.1) is 0 Å². The van der Waals surface area contributed by atoms with E-state index in [0.717, 1.165) is 0 Å². The normalized spacial score (nSPS) is 40.4. The zero-order chi connectivity index (χ0) is 11.9. The summed E-state index contributed by atoms with van der Waals surface area (Å²) in [6.45, 7) is 8.63. The van der Waals surface area contributed by atoms with Gasteiger partial charge >= 0.3 is 5.97 Å². The largest absolute Gasteiger partial charge is 0.433 e. The number of fused-ring (bicyclic) bond motifs is 1. The Kier molecular flexibility index (Phi) is 2.77. The molecule has 5 nitrogen and oxygen atoms in total. The van der Waals surface area contributed by atoms with Crippen LogP contribution >= 0.6 is 0 Å². The fourth-order valence-corrected chi connectivity index (χ4v) is 2.04. The second kappa shape index (κ2) is 3.84. The van der Waals surface area contributed by atoms with Gasteiger partial charge in [-0.15, -0.1) is 6.58 Å². The van der Waals surface area contributed by atoms with Gasteiger partial charge < -0.3 is 18.9 Å². The van der Waals surface area contributed by atoms with Gasteiger partial charge in [0.2, 0.25) is 6.29 Å². The Morgan fingerprint density at radius 3 is 2.56 bits per heavy atom. The molecular formula is C11H16O5. The summed E-state index contributed by atoms with van der Waals surface area (Å²) in [6.07, 6.45) is -0.0477. The van der Waals surface area contributed by atoms with Crippen LogP contribution in [0.15, 0.2) is 12.7 Å². The molecule has 0 N–H and O–H groups in total. The first-order valence-corrected chi connectivity index (χ1v) is 5.24. The number of carbonyl (C=O) groups excluding carboxylic acids is 1. The molecule has 0 aromatic rings. The third kappa shape index (κ3) is 1.98. The zero-order valence-electron chi connectivity index (χ0n) is 9.64. The maximum Gasteiger partial charge on any atom is 0.305 e. The topological polar surface area (TPSA) is 54.0 Å². The molecule has 0 unspecified atom stereocenters. The number of hydrogen-bond acceptors (Lipinski definition) is 5. The molecule has 0 radical (unpaired) electrons. The summed E-state index contributed by atoms with van der Waals surface area (Å²) in [4.78, 5) is 10.9. The van der Waals surface area contributed by atoms with Gasteiger partial charge in [0, 0.05) is 6.92 Å². The van der Waals surface area contributed by atoms with Crippen LogP contribution < -0.4 is 0 Å². The molecule has 4 atom stereocenters. The van der Waals surface area contributed by atoms with E-state index in [2.05, 4.69) is 6.58 Å².